The summed E-state index contributed by atoms with van der Waals surface area (Å²) in [4.78, 5) is 11.9. The number of carbonyl (C=O) groups is 1. The monoisotopic (exact) mass is 357 g/mol. The van der Waals surface area contributed by atoms with Crippen molar-refractivity contribution in [1.29, 1.82) is 0 Å². The number of nitrogens with one attached hydrogen (secondary N) is 1. The Morgan fingerprint density at radius 3 is 2.50 bits per heavy atom. The lowest BCUT2D eigenvalue weighted by molar-refractivity contribution is -0.123. The predicted octanol–water partition coefficient (Wildman–Crippen LogP) is 4.90. The number of ether oxygens (including phenoxy) is 1. The SMILES string of the molecule is CC(NC(=O)COc1ccccc1Cl)c1ccc(Cl)c(Cl)c1. The largest absolute Gasteiger partial charge is 0.482 e. The Bertz CT molecular complexity index is 676. The number of benzene rings is 2. The first-order valence-electron chi connectivity index (χ1n) is 6.59. The fraction of sp³-hybridized carbons (Fsp3) is 0.188. The van der Waals surface area contributed by atoms with Crippen LogP contribution in [0.4, 0.5) is 0 Å². The van der Waals surface area contributed by atoms with Gasteiger partial charge in [-0.15, -0.1) is 0 Å². The van der Waals surface area contributed by atoms with Gasteiger partial charge in [0.2, 0.25) is 0 Å². The van der Waals surface area contributed by atoms with Gasteiger partial charge in [-0.1, -0.05) is 53.0 Å². The Labute approximate surface area is 144 Å². The summed E-state index contributed by atoms with van der Waals surface area (Å²) in [6, 6.07) is 12.0. The molecule has 2 aromatic rings. The summed E-state index contributed by atoms with van der Waals surface area (Å²) in [5.41, 5.74) is 0.862. The molecule has 22 heavy (non-hydrogen) atoms. The van der Waals surface area contributed by atoms with Crippen molar-refractivity contribution in [3.05, 3.63) is 63.1 Å². The highest BCUT2D eigenvalue weighted by Crippen LogP contribution is 2.26. The summed E-state index contributed by atoms with van der Waals surface area (Å²) >= 11 is 17.8. The van der Waals surface area contributed by atoms with Crippen LogP contribution in [-0.2, 0) is 4.79 Å². The minimum atomic E-state index is -0.251. The van der Waals surface area contributed by atoms with Crippen LogP contribution in [0.15, 0.2) is 42.5 Å². The molecule has 0 saturated carbocycles. The van der Waals surface area contributed by atoms with Gasteiger partial charge in [0.25, 0.3) is 5.91 Å². The predicted molar refractivity (Wildman–Crippen MR) is 90.0 cm³/mol. The molecule has 0 aliphatic carbocycles. The van der Waals surface area contributed by atoms with Crippen LogP contribution in [0, 0.1) is 0 Å². The van der Waals surface area contributed by atoms with Crippen LogP contribution in [0.2, 0.25) is 15.1 Å². The zero-order chi connectivity index (χ0) is 16.1. The minimum Gasteiger partial charge on any atom is -0.482 e. The molecule has 2 rings (SSSR count). The summed E-state index contributed by atoms with van der Waals surface area (Å²) in [5, 5.41) is 4.22. The smallest absolute Gasteiger partial charge is 0.258 e. The van der Waals surface area contributed by atoms with Crippen LogP contribution in [0.3, 0.4) is 0 Å². The van der Waals surface area contributed by atoms with Gasteiger partial charge in [0.1, 0.15) is 5.75 Å². The number of para-hydroxylation sites is 1. The topological polar surface area (TPSA) is 38.3 Å². The normalized spacial score (nSPS) is 11.8. The van der Waals surface area contributed by atoms with E-state index in [2.05, 4.69) is 5.32 Å². The third-order valence-electron chi connectivity index (χ3n) is 3.02. The Morgan fingerprint density at radius 2 is 1.82 bits per heavy atom. The lowest BCUT2D eigenvalue weighted by Crippen LogP contribution is -2.31. The van der Waals surface area contributed by atoms with Crippen molar-refractivity contribution in [2.24, 2.45) is 0 Å². The molecule has 3 nitrogen and oxygen atoms in total. The zero-order valence-electron chi connectivity index (χ0n) is 11.8. The van der Waals surface area contributed by atoms with Crippen molar-refractivity contribution in [3.63, 3.8) is 0 Å². The van der Waals surface area contributed by atoms with Gasteiger partial charge >= 0.3 is 0 Å². The van der Waals surface area contributed by atoms with Crippen LogP contribution < -0.4 is 10.1 Å². The van der Waals surface area contributed by atoms with E-state index in [0.717, 1.165) is 5.56 Å². The molecular formula is C16H14Cl3NO2. The van der Waals surface area contributed by atoms with Gasteiger partial charge in [0.15, 0.2) is 6.61 Å². The Morgan fingerprint density at radius 1 is 1.09 bits per heavy atom. The minimum absolute atomic E-state index is 0.116. The second-order valence-electron chi connectivity index (χ2n) is 4.68. The van der Waals surface area contributed by atoms with Crippen molar-refractivity contribution >= 4 is 40.7 Å². The van der Waals surface area contributed by atoms with Crippen LogP contribution in [0.1, 0.15) is 18.5 Å². The van der Waals surface area contributed by atoms with E-state index in [-0.39, 0.29) is 18.6 Å². The van der Waals surface area contributed by atoms with E-state index >= 15 is 0 Å². The van der Waals surface area contributed by atoms with Gasteiger partial charge in [-0.25, -0.2) is 0 Å². The summed E-state index contributed by atoms with van der Waals surface area (Å²) in [7, 11) is 0. The molecule has 0 fully saturated rings. The molecule has 1 N–H and O–H groups in total. The summed E-state index contributed by atoms with van der Waals surface area (Å²) in [6.45, 7) is 1.74. The van der Waals surface area contributed by atoms with E-state index in [1.165, 1.54) is 0 Å². The van der Waals surface area contributed by atoms with Crippen LogP contribution in [0.25, 0.3) is 0 Å². The maximum atomic E-state index is 11.9. The molecular weight excluding hydrogens is 345 g/mol. The molecule has 1 atom stereocenters. The highest BCUT2D eigenvalue weighted by Gasteiger charge is 2.12. The van der Waals surface area contributed by atoms with Gasteiger partial charge in [-0.2, -0.15) is 0 Å². The number of amides is 1. The van der Waals surface area contributed by atoms with Gasteiger partial charge in [0, 0.05) is 0 Å². The van der Waals surface area contributed by atoms with Crippen molar-refractivity contribution in [2.45, 2.75) is 13.0 Å². The maximum absolute atomic E-state index is 11.9. The second-order valence-corrected chi connectivity index (χ2v) is 5.90. The average molecular weight is 359 g/mol. The number of hydrogen-bond acceptors (Lipinski definition) is 2. The van der Waals surface area contributed by atoms with Crippen LogP contribution in [-0.4, -0.2) is 12.5 Å². The Kier molecular flexibility index (Phi) is 5.95. The Balaban J connectivity index is 1.91. The van der Waals surface area contributed by atoms with Crippen molar-refractivity contribution in [2.75, 3.05) is 6.61 Å². The number of halogens is 3. The quantitative estimate of drug-likeness (QED) is 0.825. The molecule has 6 heteroatoms. The van der Waals surface area contributed by atoms with E-state index in [1.807, 2.05) is 13.0 Å². The van der Waals surface area contributed by atoms with E-state index in [9.17, 15) is 4.79 Å². The third-order valence-corrected chi connectivity index (χ3v) is 4.07. The molecule has 0 bridgehead atoms. The van der Waals surface area contributed by atoms with Crippen LogP contribution in [0.5, 0.6) is 5.75 Å². The summed E-state index contributed by atoms with van der Waals surface area (Å²) in [6.07, 6.45) is 0. The zero-order valence-corrected chi connectivity index (χ0v) is 14.0. The van der Waals surface area contributed by atoms with Crippen molar-refractivity contribution in [1.82, 2.24) is 5.32 Å². The molecule has 0 spiro atoms. The molecule has 0 aliphatic heterocycles. The third kappa shape index (κ3) is 4.54. The first-order chi connectivity index (χ1) is 10.5. The highest BCUT2D eigenvalue weighted by atomic mass is 35.5. The van der Waals surface area contributed by atoms with Crippen molar-refractivity contribution in [3.8, 4) is 5.75 Å². The molecule has 0 radical (unpaired) electrons. The maximum Gasteiger partial charge on any atom is 0.258 e. The average Bonchev–Trinajstić information content (AvgIpc) is 2.49. The summed E-state index contributed by atoms with van der Waals surface area (Å²) < 4.78 is 5.39. The van der Waals surface area contributed by atoms with Crippen molar-refractivity contribution < 1.29 is 9.53 Å². The number of hydrogen-bond donors (Lipinski definition) is 1. The molecule has 0 saturated heterocycles. The molecule has 0 aromatic heterocycles. The second kappa shape index (κ2) is 7.73. The van der Waals surface area contributed by atoms with Gasteiger partial charge in [-0.3, -0.25) is 4.79 Å². The first-order valence-corrected chi connectivity index (χ1v) is 7.72. The standard InChI is InChI=1S/C16H14Cl3NO2/c1-10(11-6-7-12(17)14(19)8-11)20-16(21)9-22-15-5-3-2-4-13(15)18/h2-8,10H,9H2,1H3,(H,20,21). The van der Waals surface area contributed by atoms with E-state index in [0.29, 0.717) is 20.8 Å². The highest BCUT2D eigenvalue weighted by molar-refractivity contribution is 6.42. The van der Waals surface area contributed by atoms with E-state index < -0.39 is 0 Å². The number of carbonyl (C=O) groups excluding carboxylic acids is 1. The molecule has 116 valence electrons. The summed E-state index contributed by atoms with van der Waals surface area (Å²) in [5.74, 6) is 0.222. The lowest BCUT2D eigenvalue weighted by atomic mass is 10.1. The van der Waals surface area contributed by atoms with Gasteiger partial charge in [0.05, 0.1) is 21.1 Å². The van der Waals surface area contributed by atoms with Gasteiger partial charge < -0.3 is 10.1 Å². The van der Waals surface area contributed by atoms with Gasteiger partial charge in [-0.05, 0) is 36.8 Å². The first kappa shape index (κ1) is 16.9. The molecule has 1 amide bonds. The van der Waals surface area contributed by atoms with Crippen LogP contribution >= 0.6 is 34.8 Å². The van der Waals surface area contributed by atoms with E-state index in [4.69, 9.17) is 39.5 Å². The fourth-order valence-electron chi connectivity index (χ4n) is 1.85. The number of rotatable bonds is 5. The molecule has 0 aliphatic rings. The van der Waals surface area contributed by atoms with E-state index in [1.54, 1.807) is 36.4 Å². The molecule has 1 unspecified atom stereocenters. The molecule has 0 heterocycles. The Hall–Kier alpha value is -1.42. The fourth-order valence-corrected chi connectivity index (χ4v) is 2.35. The molecule has 2 aromatic carbocycles. The lowest BCUT2D eigenvalue weighted by Gasteiger charge is -2.15.